The predicted molar refractivity (Wildman–Crippen MR) is 422 cm³/mol. The lowest BCUT2D eigenvalue weighted by atomic mass is 10.1. The highest BCUT2D eigenvalue weighted by atomic mass is 79.9. The molecule has 616 valence electrons. The van der Waals surface area contributed by atoms with Crippen LogP contribution in [-0.4, -0.2) is 151 Å². The Balaban J connectivity index is 0.000000129. The Hall–Kier alpha value is -13.1. The van der Waals surface area contributed by atoms with Gasteiger partial charge >= 0.3 is 36.2 Å². The summed E-state index contributed by atoms with van der Waals surface area (Å²) in [6, 6.07) is 30.2. The van der Waals surface area contributed by atoms with E-state index < -0.39 is 30.6 Å². The first-order chi connectivity index (χ1) is 57.1. The number of imidazole rings is 4. The van der Waals surface area contributed by atoms with E-state index in [1.165, 1.54) is 53.4 Å². The fourth-order valence-corrected chi connectivity index (χ4v) is 15.1. The number of anilines is 3. The SMILES string of the molecule is Cc1ccc(C)n1-c1ccc(OC(F)(F)F)cc1Br.Cc1ccc(C)n1-c1ccc(OC(F)(F)F)cc1Nc1nc(-c2ccncc2)c2[nH]c(=O)n(C3CCOCC3)c2n1.Nc1nc(-c2ccncc2)c2[nH]c(=O)n(C3CCOCC3)c2n1.O=c1[nH]c2c(-c3ccncc3)nc(-n3cnc4ccc(OC(F)(F)F)cc43)nc2n1C1CCOCC1. The van der Waals surface area contributed by atoms with Crippen molar-refractivity contribution in [1.29, 1.82) is 0 Å². The standard InChI is InChI=1S/C28H26F3N7O3.C23H18F3N7O3.C15H16N6O2.C13H11BrF3NO/c1-16-3-4-17(2)37(16)22-6-5-20(41-28(29,30)31)15-21(22)33-26-34-23(18-7-11-32-12-8-18)24-25(36-26)38(27(39)35-24)19-9-13-40-14-10-19;24-23(25,26)36-15-1-2-16-17(11-15)32(12-28-16)21-29-18(13-3-7-27-8-4-13)19-20(31-21)33(22(34)30-19)14-5-9-35-10-6-14;16-14-18-11(9-1-5-17-6-2-9)12-13(20-14)21(15(22)19-12)10-3-7-23-8-4-10;1-8-3-4-9(2)18(8)12-6-5-10(7-11(12)14)19-13(15,16)17/h3-8,11-12,15,19H,9-10,13-14H2,1-2H3,(H,35,39)(H,33,34,36);1-4,7-8,11-12,14H,5-6,9-10H2,(H,30,34);1-2,5-6,10H,3-4,7-8H2,(H,19,22)(H2,16,18,20);3-7H,1-2H3. The number of ether oxygens (including phenoxy) is 6. The van der Waals surface area contributed by atoms with Gasteiger partial charge in [-0.1, -0.05) is 0 Å². The van der Waals surface area contributed by atoms with Crippen molar-refractivity contribution in [3.8, 4) is 68.3 Å². The van der Waals surface area contributed by atoms with Gasteiger partial charge in [0.25, 0.3) is 0 Å². The van der Waals surface area contributed by atoms with Crippen LogP contribution in [0.15, 0.2) is 178 Å². The minimum atomic E-state index is -4.87. The van der Waals surface area contributed by atoms with Crippen molar-refractivity contribution in [2.45, 2.75) is 103 Å². The lowest BCUT2D eigenvalue weighted by molar-refractivity contribution is -0.275. The number of hydrogen-bond acceptors (Lipinski definition) is 21. The molecule has 0 unspecified atom stereocenters. The zero-order valence-corrected chi connectivity index (χ0v) is 65.0. The van der Waals surface area contributed by atoms with Gasteiger partial charge in [0.15, 0.2) is 16.9 Å². The van der Waals surface area contributed by atoms with Crippen LogP contribution >= 0.6 is 15.9 Å². The van der Waals surface area contributed by atoms with Crippen LogP contribution in [0.4, 0.5) is 57.1 Å². The number of alkyl halides is 9. The number of hydrogen-bond donors (Lipinski definition) is 5. The van der Waals surface area contributed by atoms with Gasteiger partial charge in [-0.15, -0.1) is 39.5 Å². The van der Waals surface area contributed by atoms with Gasteiger partial charge in [0.2, 0.25) is 17.8 Å². The van der Waals surface area contributed by atoms with Gasteiger partial charge in [0.05, 0.1) is 28.1 Å². The van der Waals surface area contributed by atoms with Gasteiger partial charge in [-0.3, -0.25) is 33.2 Å². The normalized spacial score (nSPS) is 14.5. The Kier molecular flexibility index (Phi) is 23.1. The maximum absolute atomic E-state index is 13.2. The van der Waals surface area contributed by atoms with Crippen LogP contribution in [0.1, 0.15) is 79.4 Å². The molecular weight excluding hydrogens is 1640 g/mol. The molecule has 0 aliphatic carbocycles. The van der Waals surface area contributed by atoms with Crippen molar-refractivity contribution in [3.05, 3.63) is 217 Å². The molecule has 18 rings (SSSR count). The Morgan fingerprint density at radius 1 is 0.454 bits per heavy atom. The summed E-state index contributed by atoms with van der Waals surface area (Å²) in [6.45, 7) is 11.0. The molecule has 3 fully saturated rings. The molecule has 0 radical (unpaired) electrons. The number of nitrogen functional groups attached to an aromatic ring is 1. The molecule has 3 saturated heterocycles. The Morgan fingerprint density at radius 3 is 1.27 bits per heavy atom. The minimum absolute atomic E-state index is 0.0598. The molecule has 15 heterocycles. The molecule has 0 bridgehead atoms. The van der Waals surface area contributed by atoms with Gasteiger partial charge in [0.1, 0.15) is 57.2 Å². The fourth-order valence-electron chi connectivity index (χ4n) is 14.6. The molecular formula is C79H71BrF9N21O9. The van der Waals surface area contributed by atoms with Crippen LogP contribution in [0.3, 0.4) is 0 Å². The van der Waals surface area contributed by atoms with E-state index in [2.05, 4.69) is 90.3 Å². The summed E-state index contributed by atoms with van der Waals surface area (Å²) in [5.74, 6) is -0.664. The number of nitrogens with one attached hydrogen (secondary N) is 4. The second kappa shape index (κ2) is 33.9. The van der Waals surface area contributed by atoms with Gasteiger partial charge in [-0.25, -0.2) is 34.3 Å². The van der Waals surface area contributed by atoms with E-state index in [4.69, 9.17) is 29.9 Å². The number of fused-ring (bicyclic) bond motifs is 4. The molecule has 0 amide bonds. The van der Waals surface area contributed by atoms with Crippen molar-refractivity contribution < 1.29 is 67.9 Å². The highest BCUT2D eigenvalue weighted by molar-refractivity contribution is 9.10. The summed E-state index contributed by atoms with van der Waals surface area (Å²) in [5.41, 5.74) is 17.7. The summed E-state index contributed by atoms with van der Waals surface area (Å²) < 4.78 is 153. The first-order valence-electron chi connectivity index (χ1n) is 37.1. The largest absolute Gasteiger partial charge is 0.573 e. The summed E-state index contributed by atoms with van der Waals surface area (Å²) in [4.78, 5) is 91.2. The van der Waals surface area contributed by atoms with E-state index in [0.29, 0.717) is 148 Å². The number of aryl methyl sites for hydroxylation is 4. The summed E-state index contributed by atoms with van der Waals surface area (Å²) >= 11 is 3.28. The second-order valence-corrected chi connectivity index (χ2v) is 28.5. The van der Waals surface area contributed by atoms with Crippen molar-refractivity contribution in [2.75, 3.05) is 50.7 Å². The van der Waals surface area contributed by atoms with Crippen molar-refractivity contribution in [1.82, 2.24) is 92.2 Å². The molecule has 0 spiro atoms. The molecule has 15 aromatic rings. The monoisotopic (exact) mass is 1710 g/mol. The number of rotatable bonds is 14. The lowest BCUT2D eigenvalue weighted by Crippen LogP contribution is -2.27. The number of aromatic nitrogens is 19. The van der Waals surface area contributed by atoms with E-state index in [9.17, 15) is 53.9 Å². The number of H-pyrrole nitrogens is 3. The molecule has 3 aromatic carbocycles. The van der Waals surface area contributed by atoms with Crippen LogP contribution in [0.25, 0.3) is 95.6 Å². The summed E-state index contributed by atoms with van der Waals surface area (Å²) in [7, 11) is 0. The highest BCUT2D eigenvalue weighted by Gasteiger charge is 2.35. The number of aromatic amines is 3. The van der Waals surface area contributed by atoms with E-state index in [-0.39, 0.29) is 64.5 Å². The molecule has 0 saturated carbocycles. The van der Waals surface area contributed by atoms with Crippen molar-refractivity contribution in [3.63, 3.8) is 0 Å². The van der Waals surface area contributed by atoms with Crippen LogP contribution in [0.2, 0.25) is 0 Å². The van der Waals surface area contributed by atoms with E-state index in [0.717, 1.165) is 46.9 Å². The smallest absolute Gasteiger partial charge is 0.406 e. The van der Waals surface area contributed by atoms with Crippen LogP contribution in [0.5, 0.6) is 17.2 Å². The summed E-state index contributed by atoms with van der Waals surface area (Å²) in [6.07, 6.45) is 0.913. The van der Waals surface area contributed by atoms with E-state index in [1.807, 2.05) is 73.2 Å². The topological polar surface area (TPSA) is 350 Å². The number of pyridine rings is 3. The maximum atomic E-state index is 13.2. The van der Waals surface area contributed by atoms with Gasteiger partial charge < -0.3 is 63.6 Å². The molecule has 3 aliphatic heterocycles. The Labute approximate surface area is 675 Å². The summed E-state index contributed by atoms with van der Waals surface area (Å²) in [5, 5.41) is 3.12. The molecule has 12 aromatic heterocycles. The number of nitrogens with two attached hydrogens (primary N) is 1. The first-order valence-corrected chi connectivity index (χ1v) is 37.9. The zero-order valence-electron chi connectivity index (χ0n) is 63.4. The zero-order chi connectivity index (χ0) is 83.6. The number of benzene rings is 3. The maximum Gasteiger partial charge on any atom is 0.573 e. The molecule has 6 N–H and O–H groups in total. The molecule has 0 atom stereocenters. The van der Waals surface area contributed by atoms with Crippen molar-refractivity contribution in [2.24, 2.45) is 0 Å². The fraction of sp³-hybridized carbons (Fsp3) is 0.278. The van der Waals surface area contributed by atoms with Gasteiger partial charge in [-0.05, 0) is 185 Å². The predicted octanol–water partition coefficient (Wildman–Crippen LogP) is 15.2. The lowest BCUT2D eigenvalue weighted by Gasteiger charge is -2.23. The van der Waals surface area contributed by atoms with E-state index >= 15 is 0 Å². The van der Waals surface area contributed by atoms with Crippen LogP contribution in [0, 0.1) is 27.7 Å². The third-order valence-corrected chi connectivity index (χ3v) is 20.5. The Morgan fingerprint density at radius 2 is 0.832 bits per heavy atom. The second-order valence-electron chi connectivity index (χ2n) is 27.7. The van der Waals surface area contributed by atoms with Gasteiger partial charge in [-0.2, -0.15) is 15.0 Å². The average molecular weight is 1710 g/mol. The minimum Gasteiger partial charge on any atom is -0.406 e. The third-order valence-electron chi connectivity index (χ3n) is 19.8. The highest BCUT2D eigenvalue weighted by Crippen LogP contribution is 2.39. The van der Waals surface area contributed by atoms with Crippen LogP contribution in [-0.2, 0) is 14.2 Å². The molecule has 40 heteroatoms. The Bertz CT molecular complexity index is 6320. The van der Waals surface area contributed by atoms with Crippen molar-refractivity contribution >= 4 is 78.0 Å². The van der Waals surface area contributed by atoms with E-state index in [1.54, 1.807) is 87.3 Å². The quantitative estimate of drug-likeness (QED) is 0.0631. The third kappa shape index (κ3) is 18.1. The number of nitrogens with zero attached hydrogens (tertiary/aromatic N) is 16. The average Bonchev–Trinajstić information content (AvgIpc) is 1.61. The molecule has 30 nitrogen and oxygen atoms in total. The first kappa shape index (κ1) is 81.1. The number of halogens is 10. The van der Waals surface area contributed by atoms with Gasteiger partial charge in [0, 0.05) is 151 Å². The van der Waals surface area contributed by atoms with Crippen LogP contribution < -0.4 is 42.3 Å². The molecule has 119 heavy (non-hydrogen) atoms. The molecule has 3 aliphatic rings.